The fraction of sp³-hybridized carbons (Fsp3) is 0.250. The number of anilines is 1. The third kappa shape index (κ3) is 2.88. The highest BCUT2D eigenvalue weighted by molar-refractivity contribution is 5.53. The average molecular weight is 225 g/mol. The summed E-state index contributed by atoms with van der Waals surface area (Å²) >= 11 is 0. The van der Waals surface area contributed by atoms with Crippen LogP contribution >= 0.6 is 0 Å². The van der Waals surface area contributed by atoms with Crippen LogP contribution in [0.2, 0.25) is 0 Å². The molecule has 0 aliphatic heterocycles. The summed E-state index contributed by atoms with van der Waals surface area (Å²) in [4.78, 5) is 0. The molecule has 0 aliphatic rings. The van der Waals surface area contributed by atoms with Gasteiger partial charge in [0, 0.05) is 12.7 Å². The van der Waals surface area contributed by atoms with Gasteiger partial charge in [-0.3, -0.25) is 0 Å². The summed E-state index contributed by atoms with van der Waals surface area (Å²) in [5, 5.41) is 3.25. The Bertz CT molecular complexity index is 497. The van der Waals surface area contributed by atoms with Crippen LogP contribution in [0.15, 0.2) is 42.5 Å². The van der Waals surface area contributed by atoms with Crippen LogP contribution in [0.25, 0.3) is 0 Å². The molecule has 0 unspecified atom stereocenters. The first-order valence-electron chi connectivity index (χ1n) is 6.02. The SMILES string of the molecule is CNc1ccc(C)cc1Cc1ccc(C)cc1. The lowest BCUT2D eigenvalue weighted by atomic mass is 10.0. The summed E-state index contributed by atoms with van der Waals surface area (Å²) in [6, 6.07) is 15.3. The predicted octanol–water partition coefficient (Wildman–Crippen LogP) is 3.94. The Balaban J connectivity index is 2.28. The molecular weight excluding hydrogens is 206 g/mol. The molecular formula is C16H19N. The number of benzene rings is 2. The van der Waals surface area contributed by atoms with Gasteiger partial charge in [-0.2, -0.15) is 0 Å². The predicted molar refractivity (Wildman–Crippen MR) is 74.7 cm³/mol. The molecule has 0 heterocycles. The zero-order chi connectivity index (χ0) is 12.3. The van der Waals surface area contributed by atoms with Crippen LogP contribution in [0, 0.1) is 13.8 Å². The maximum absolute atomic E-state index is 3.25. The maximum atomic E-state index is 3.25. The molecule has 2 aromatic rings. The van der Waals surface area contributed by atoms with Crippen molar-refractivity contribution in [3.8, 4) is 0 Å². The summed E-state index contributed by atoms with van der Waals surface area (Å²) in [7, 11) is 1.98. The highest BCUT2D eigenvalue weighted by atomic mass is 14.8. The van der Waals surface area contributed by atoms with Gasteiger partial charge in [0.1, 0.15) is 0 Å². The van der Waals surface area contributed by atoms with Crippen molar-refractivity contribution < 1.29 is 0 Å². The minimum Gasteiger partial charge on any atom is -0.388 e. The topological polar surface area (TPSA) is 12.0 Å². The van der Waals surface area contributed by atoms with Gasteiger partial charge in [-0.1, -0.05) is 47.5 Å². The quantitative estimate of drug-likeness (QED) is 0.834. The molecule has 1 nitrogen and oxygen atoms in total. The molecule has 2 aromatic carbocycles. The molecule has 0 aromatic heterocycles. The zero-order valence-corrected chi connectivity index (χ0v) is 10.7. The molecule has 0 bridgehead atoms. The number of aryl methyl sites for hydroxylation is 2. The second kappa shape index (κ2) is 5.05. The van der Waals surface area contributed by atoms with E-state index in [0.717, 1.165) is 6.42 Å². The zero-order valence-electron chi connectivity index (χ0n) is 10.7. The molecule has 1 heteroatoms. The second-order valence-corrected chi connectivity index (χ2v) is 4.57. The fourth-order valence-electron chi connectivity index (χ4n) is 2.04. The van der Waals surface area contributed by atoms with E-state index >= 15 is 0 Å². The van der Waals surface area contributed by atoms with Crippen molar-refractivity contribution >= 4 is 5.69 Å². The summed E-state index contributed by atoms with van der Waals surface area (Å²) < 4.78 is 0. The van der Waals surface area contributed by atoms with Crippen molar-refractivity contribution in [2.24, 2.45) is 0 Å². The van der Waals surface area contributed by atoms with E-state index in [2.05, 4.69) is 61.6 Å². The molecule has 2 rings (SSSR count). The van der Waals surface area contributed by atoms with E-state index in [1.54, 1.807) is 0 Å². The molecule has 0 atom stereocenters. The van der Waals surface area contributed by atoms with Gasteiger partial charge < -0.3 is 5.32 Å². The first-order chi connectivity index (χ1) is 8.19. The van der Waals surface area contributed by atoms with E-state index < -0.39 is 0 Å². The minimum absolute atomic E-state index is 0.984. The van der Waals surface area contributed by atoms with E-state index in [1.807, 2.05) is 7.05 Å². The van der Waals surface area contributed by atoms with E-state index in [1.165, 1.54) is 27.9 Å². The molecule has 0 radical (unpaired) electrons. The number of hydrogen-bond donors (Lipinski definition) is 1. The molecule has 0 fully saturated rings. The summed E-state index contributed by atoms with van der Waals surface area (Å²) in [6.07, 6.45) is 0.984. The van der Waals surface area contributed by atoms with Crippen LogP contribution in [0.4, 0.5) is 5.69 Å². The number of rotatable bonds is 3. The summed E-state index contributed by atoms with van der Waals surface area (Å²) in [5.41, 5.74) is 6.56. The normalized spacial score (nSPS) is 10.3. The number of hydrogen-bond acceptors (Lipinski definition) is 1. The van der Waals surface area contributed by atoms with Crippen LogP contribution in [0.1, 0.15) is 22.3 Å². The first kappa shape index (κ1) is 11.7. The van der Waals surface area contributed by atoms with Gasteiger partial charge >= 0.3 is 0 Å². The first-order valence-corrected chi connectivity index (χ1v) is 6.02. The lowest BCUT2D eigenvalue weighted by Crippen LogP contribution is -1.97. The maximum Gasteiger partial charge on any atom is 0.0373 e. The van der Waals surface area contributed by atoms with Crippen LogP contribution in [-0.4, -0.2) is 7.05 Å². The van der Waals surface area contributed by atoms with Gasteiger partial charge in [0.2, 0.25) is 0 Å². The molecule has 17 heavy (non-hydrogen) atoms. The Morgan fingerprint density at radius 2 is 1.53 bits per heavy atom. The van der Waals surface area contributed by atoms with Crippen molar-refractivity contribution in [2.75, 3.05) is 12.4 Å². The molecule has 0 aliphatic carbocycles. The Morgan fingerprint density at radius 1 is 0.882 bits per heavy atom. The van der Waals surface area contributed by atoms with Gasteiger partial charge in [-0.05, 0) is 37.5 Å². The van der Waals surface area contributed by atoms with Gasteiger partial charge in [0.05, 0.1) is 0 Å². The van der Waals surface area contributed by atoms with E-state index in [0.29, 0.717) is 0 Å². The largest absolute Gasteiger partial charge is 0.388 e. The Morgan fingerprint density at radius 3 is 2.18 bits per heavy atom. The molecule has 0 spiro atoms. The van der Waals surface area contributed by atoms with Crippen LogP contribution in [0.5, 0.6) is 0 Å². The monoisotopic (exact) mass is 225 g/mol. The van der Waals surface area contributed by atoms with Crippen molar-refractivity contribution in [1.29, 1.82) is 0 Å². The van der Waals surface area contributed by atoms with Crippen LogP contribution in [0.3, 0.4) is 0 Å². The van der Waals surface area contributed by atoms with E-state index in [-0.39, 0.29) is 0 Å². The van der Waals surface area contributed by atoms with Gasteiger partial charge in [0.25, 0.3) is 0 Å². The van der Waals surface area contributed by atoms with E-state index in [4.69, 9.17) is 0 Å². The van der Waals surface area contributed by atoms with Crippen molar-refractivity contribution in [1.82, 2.24) is 0 Å². The fourth-order valence-corrected chi connectivity index (χ4v) is 2.04. The summed E-state index contributed by atoms with van der Waals surface area (Å²) in [5.74, 6) is 0. The lowest BCUT2D eigenvalue weighted by molar-refractivity contribution is 1.17. The molecule has 88 valence electrons. The third-order valence-corrected chi connectivity index (χ3v) is 3.05. The van der Waals surface area contributed by atoms with Crippen molar-refractivity contribution in [3.63, 3.8) is 0 Å². The second-order valence-electron chi connectivity index (χ2n) is 4.57. The number of nitrogens with one attached hydrogen (secondary N) is 1. The summed E-state index contributed by atoms with van der Waals surface area (Å²) in [6.45, 7) is 4.26. The van der Waals surface area contributed by atoms with Crippen LogP contribution < -0.4 is 5.32 Å². The molecule has 1 N–H and O–H groups in total. The minimum atomic E-state index is 0.984. The average Bonchev–Trinajstić information content (AvgIpc) is 2.32. The van der Waals surface area contributed by atoms with Gasteiger partial charge in [-0.25, -0.2) is 0 Å². The Hall–Kier alpha value is -1.76. The van der Waals surface area contributed by atoms with Crippen molar-refractivity contribution in [3.05, 3.63) is 64.7 Å². The Labute approximate surface area is 103 Å². The van der Waals surface area contributed by atoms with Crippen LogP contribution in [-0.2, 0) is 6.42 Å². The van der Waals surface area contributed by atoms with E-state index in [9.17, 15) is 0 Å². The van der Waals surface area contributed by atoms with Gasteiger partial charge in [-0.15, -0.1) is 0 Å². The smallest absolute Gasteiger partial charge is 0.0373 e. The highest BCUT2D eigenvalue weighted by Crippen LogP contribution is 2.20. The molecule has 0 amide bonds. The standard InChI is InChI=1S/C16H19N/c1-12-4-7-14(8-5-12)11-15-10-13(2)6-9-16(15)17-3/h4-10,17H,11H2,1-3H3. The lowest BCUT2D eigenvalue weighted by Gasteiger charge is -2.10. The van der Waals surface area contributed by atoms with Gasteiger partial charge in [0.15, 0.2) is 0 Å². The molecule has 0 saturated carbocycles. The molecule has 0 saturated heterocycles. The Kier molecular flexibility index (Phi) is 3.48. The van der Waals surface area contributed by atoms with Crippen molar-refractivity contribution in [2.45, 2.75) is 20.3 Å². The highest BCUT2D eigenvalue weighted by Gasteiger charge is 2.02. The third-order valence-electron chi connectivity index (χ3n) is 3.05.